The zero-order chi connectivity index (χ0) is 10.1. The van der Waals surface area contributed by atoms with Crippen LogP contribution in [0.1, 0.15) is 6.92 Å². The van der Waals surface area contributed by atoms with Gasteiger partial charge < -0.3 is 9.52 Å². The maximum absolute atomic E-state index is 11.4. The zero-order valence-electron chi connectivity index (χ0n) is 7.80. The fraction of sp³-hybridized carbons (Fsp3) is 0.300. The molecule has 74 valence electrons. The summed E-state index contributed by atoms with van der Waals surface area (Å²) >= 11 is 0. The average Bonchev–Trinajstić information content (AvgIpc) is 2.43. The van der Waals surface area contributed by atoms with Crippen LogP contribution in [0.2, 0.25) is 0 Å². The second-order valence-corrected chi connectivity index (χ2v) is 3.30. The second kappa shape index (κ2) is 3.31. The lowest BCUT2D eigenvalue weighted by Gasteiger charge is -2.03. The van der Waals surface area contributed by atoms with Crippen LogP contribution in [-0.2, 0) is 6.54 Å². The van der Waals surface area contributed by atoms with Gasteiger partial charge in [-0.05, 0) is 19.1 Å². The van der Waals surface area contributed by atoms with Gasteiger partial charge in [0.1, 0.15) is 0 Å². The van der Waals surface area contributed by atoms with E-state index in [-0.39, 0.29) is 6.54 Å². The van der Waals surface area contributed by atoms with Crippen LogP contribution in [0.3, 0.4) is 0 Å². The number of benzene rings is 1. The molecular weight excluding hydrogens is 182 g/mol. The SMILES string of the molecule is C[C@@H](O)Cn1c(=O)oc2ccccc21. The molecule has 0 aliphatic heterocycles. The number of hydrogen-bond acceptors (Lipinski definition) is 3. The number of para-hydroxylation sites is 2. The quantitative estimate of drug-likeness (QED) is 0.773. The second-order valence-electron chi connectivity index (χ2n) is 3.30. The average molecular weight is 193 g/mol. The van der Waals surface area contributed by atoms with Crippen LogP contribution in [0.4, 0.5) is 0 Å². The molecular formula is C10H11NO3. The third-order valence-corrected chi connectivity index (χ3v) is 2.02. The van der Waals surface area contributed by atoms with Crippen molar-refractivity contribution < 1.29 is 9.52 Å². The number of oxazole rings is 1. The molecule has 4 heteroatoms. The van der Waals surface area contributed by atoms with E-state index in [1.54, 1.807) is 25.1 Å². The highest BCUT2D eigenvalue weighted by Gasteiger charge is 2.09. The van der Waals surface area contributed by atoms with Crippen LogP contribution in [-0.4, -0.2) is 15.8 Å². The lowest BCUT2D eigenvalue weighted by Crippen LogP contribution is -2.21. The van der Waals surface area contributed by atoms with Crippen molar-refractivity contribution in [3.8, 4) is 0 Å². The molecule has 0 aliphatic rings. The molecule has 0 aliphatic carbocycles. The first-order chi connectivity index (χ1) is 6.68. The molecule has 2 rings (SSSR count). The summed E-state index contributed by atoms with van der Waals surface area (Å²) in [6.45, 7) is 1.89. The molecule has 0 fully saturated rings. The Bertz CT molecular complexity index is 495. The van der Waals surface area contributed by atoms with Crippen LogP contribution in [0, 0.1) is 0 Å². The summed E-state index contributed by atoms with van der Waals surface area (Å²) in [5.74, 6) is -0.424. The van der Waals surface area contributed by atoms with Gasteiger partial charge in [0.15, 0.2) is 5.58 Å². The van der Waals surface area contributed by atoms with E-state index in [4.69, 9.17) is 4.42 Å². The molecule has 14 heavy (non-hydrogen) atoms. The van der Waals surface area contributed by atoms with Gasteiger partial charge in [0.2, 0.25) is 0 Å². The van der Waals surface area contributed by atoms with Gasteiger partial charge in [-0.3, -0.25) is 4.57 Å². The van der Waals surface area contributed by atoms with E-state index in [1.165, 1.54) is 4.57 Å². The number of aromatic nitrogens is 1. The summed E-state index contributed by atoms with van der Waals surface area (Å²) in [6, 6.07) is 7.16. The Morgan fingerprint density at radius 3 is 2.93 bits per heavy atom. The molecule has 0 saturated heterocycles. The van der Waals surface area contributed by atoms with Gasteiger partial charge in [0.05, 0.1) is 18.2 Å². The number of nitrogens with zero attached hydrogens (tertiary/aromatic N) is 1. The van der Waals surface area contributed by atoms with Crippen molar-refractivity contribution in [2.45, 2.75) is 19.6 Å². The standard InChI is InChI=1S/C10H11NO3/c1-7(12)6-11-8-4-2-3-5-9(8)14-10(11)13/h2-5,7,12H,6H2,1H3/t7-/m1/s1. The minimum Gasteiger partial charge on any atom is -0.408 e. The predicted octanol–water partition coefficient (Wildman–Crippen LogP) is 0.975. The Kier molecular flexibility index (Phi) is 2.13. The van der Waals surface area contributed by atoms with Crippen LogP contribution in [0.15, 0.2) is 33.5 Å². The molecule has 1 aromatic carbocycles. The topological polar surface area (TPSA) is 55.4 Å². The van der Waals surface area contributed by atoms with Gasteiger partial charge in [-0.15, -0.1) is 0 Å². The molecule has 1 atom stereocenters. The van der Waals surface area contributed by atoms with Gasteiger partial charge in [0.25, 0.3) is 0 Å². The highest BCUT2D eigenvalue weighted by molar-refractivity contribution is 5.72. The lowest BCUT2D eigenvalue weighted by molar-refractivity contribution is 0.171. The number of hydrogen-bond donors (Lipinski definition) is 1. The summed E-state index contributed by atoms with van der Waals surface area (Å²) in [4.78, 5) is 11.4. The van der Waals surface area contributed by atoms with Crippen LogP contribution in [0.5, 0.6) is 0 Å². The minimum atomic E-state index is -0.561. The van der Waals surface area contributed by atoms with E-state index in [9.17, 15) is 9.90 Å². The monoisotopic (exact) mass is 193 g/mol. The Morgan fingerprint density at radius 2 is 2.21 bits per heavy atom. The van der Waals surface area contributed by atoms with Gasteiger partial charge in [-0.1, -0.05) is 12.1 Å². The van der Waals surface area contributed by atoms with Crippen molar-refractivity contribution in [3.05, 3.63) is 34.8 Å². The molecule has 4 nitrogen and oxygen atoms in total. The highest BCUT2D eigenvalue weighted by Crippen LogP contribution is 2.11. The van der Waals surface area contributed by atoms with Crippen LogP contribution < -0.4 is 5.76 Å². The molecule has 0 radical (unpaired) electrons. The first kappa shape index (κ1) is 9.02. The molecule has 1 aromatic heterocycles. The number of fused-ring (bicyclic) bond motifs is 1. The fourth-order valence-electron chi connectivity index (χ4n) is 1.45. The van der Waals surface area contributed by atoms with Gasteiger partial charge in [-0.25, -0.2) is 4.79 Å². The largest absolute Gasteiger partial charge is 0.420 e. The van der Waals surface area contributed by atoms with E-state index >= 15 is 0 Å². The summed E-state index contributed by atoms with van der Waals surface area (Å²) in [7, 11) is 0. The lowest BCUT2D eigenvalue weighted by atomic mass is 10.3. The first-order valence-corrected chi connectivity index (χ1v) is 4.45. The molecule has 2 aromatic rings. The summed E-state index contributed by atoms with van der Waals surface area (Å²) in [5.41, 5.74) is 1.27. The first-order valence-electron chi connectivity index (χ1n) is 4.45. The smallest absolute Gasteiger partial charge is 0.408 e. The predicted molar refractivity (Wildman–Crippen MR) is 52.2 cm³/mol. The molecule has 0 amide bonds. The minimum absolute atomic E-state index is 0.260. The third-order valence-electron chi connectivity index (χ3n) is 2.02. The molecule has 0 unspecified atom stereocenters. The molecule has 0 spiro atoms. The molecule has 1 heterocycles. The van der Waals surface area contributed by atoms with Crippen molar-refractivity contribution >= 4 is 11.1 Å². The Balaban J connectivity index is 2.62. The van der Waals surface area contributed by atoms with E-state index in [0.717, 1.165) is 5.52 Å². The van der Waals surface area contributed by atoms with Crippen molar-refractivity contribution in [3.63, 3.8) is 0 Å². The molecule has 1 N–H and O–H groups in total. The van der Waals surface area contributed by atoms with Crippen molar-refractivity contribution in [2.24, 2.45) is 0 Å². The number of aliphatic hydroxyl groups is 1. The van der Waals surface area contributed by atoms with E-state index < -0.39 is 11.9 Å². The van der Waals surface area contributed by atoms with Crippen molar-refractivity contribution in [1.82, 2.24) is 4.57 Å². The Morgan fingerprint density at radius 1 is 1.50 bits per heavy atom. The summed E-state index contributed by atoms with van der Waals surface area (Å²) < 4.78 is 6.43. The van der Waals surface area contributed by atoms with Crippen molar-refractivity contribution in [1.29, 1.82) is 0 Å². The molecule has 0 bridgehead atoms. The van der Waals surface area contributed by atoms with Gasteiger partial charge in [-0.2, -0.15) is 0 Å². The highest BCUT2D eigenvalue weighted by atomic mass is 16.4. The van der Waals surface area contributed by atoms with Crippen LogP contribution >= 0.6 is 0 Å². The summed E-state index contributed by atoms with van der Waals surface area (Å²) in [6.07, 6.45) is -0.561. The molecule has 0 saturated carbocycles. The van der Waals surface area contributed by atoms with Gasteiger partial charge >= 0.3 is 5.76 Å². The zero-order valence-corrected chi connectivity index (χ0v) is 7.80. The Hall–Kier alpha value is -1.55. The maximum atomic E-state index is 11.4. The number of aliphatic hydroxyl groups excluding tert-OH is 1. The van der Waals surface area contributed by atoms with Crippen LogP contribution in [0.25, 0.3) is 11.1 Å². The normalized spacial score (nSPS) is 13.3. The third kappa shape index (κ3) is 1.44. The fourth-order valence-corrected chi connectivity index (χ4v) is 1.45. The maximum Gasteiger partial charge on any atom is 0.420 e. The van der Waals surface area contributed by atoms with Crippen molar-refractivity contribution in [2.75, 3.05) is 0 Å². The van der Waals surface area contributed by atoms with E-state index in [1.807, 2.05) is 6.07 Å². The van der Waals surface area contributed by atoms with E-state index in [0.29, 0.717) is 5.58 Å². The van der Waals surface area contributed by atoms with E-state index in [2.05, 4.69) is 0 Å². The Labute approximate surface area is 80.4 Å². The van der Waals surface area contributed by atoms with Gasteiger partial charge in [0, 0.05) is 0 Å². The number of rotatable bonds is 2. The summed E-state index contributed by atoms with van der Waals surface area (Å²) in [5, 5.41) is 9.21.